The molecule has 1 aromatic rings. The maximum absolute atomic E-state index is 11.8. The minimum Gasteiger partial charge on any atom is -0.481 e. The van der Waals surface area contributed by atoms with Crippen LogP contribution < -0.4 is 5.32 Å². The first-order chi connectivity index (χ1) is 9.08. The van der Waals surface area contributed by atoms with Crippen molar-refractivity contribution in [3.63, 3.8) is 0 Å². The first-order valence-corrected chi connectivity index (χ1v) is 6.65. The topological polar surface area (TPSA) is 66.4 Å². The van der Waals surface area contributed by atoms with E-state index in [-0.39, 0.29) is 17.9 Å². The Kier molecular flexibility index (Phi) is 4.20. The van der Waals surface area contributed by atoms with Crippen molar-refractivity contribution < 1.29 is 14.7 Å². The number of carboxylic acid groups (broad SMARTS) is 1. The van der Waals surface area contributed by atoms with Crippen LogP contribution in [0.2, 0.25) is 0 Å². The Labute approximate surface area is 112 Å². The van der Waals surface area contributed by atoms with E-state index in [1.807, 2.05) is 25.1 Å². The first-order valence-electron chi connectivity index (χ1n) is 6.65. The fourth-order valence-corrected chi connectivity index (χ4v) is 2.21. The van der Waals surface area contributed by atoms with E-state index in [1.54, 1.807) is 0 Å². The molecule has 0 saturated heterocycles. The minimum atomic E-state index is -0.864. The van der Waals surface area contributed by atoms with Gasteiger partial charge in [0, 0.05) is 6.04 Å². The summed E-state index contributed by atoms with van der Waals surface area (Å²) in [7, 11) is 0. The number of carboxylic acids is 1. The van der Waals surface area contributed by atoms with Gasteiger partial charge in [0.1, 0.15) is 0 Å². The molecule has 0 spiro atoms. The van der Waals surface area contributed by atoms with Crippen molar-refractivity contribution in [3.05, 3.63) is 35.9 Å². The van der Waals surface area contributed by atoms with Gasteiger partial charge in [0.2, 0.25) is 5.91 Å². The molecule has 2 N–H and O–H groups in total. The van der Waals surface area contributed by atoms with Gasteiger partial charge < -0.3 is 10.4 Å². The van der Waals surface area contributed by atoms with Crippen molar-refractivity contribution >= 4 is 11.9 Å². The lowest BCUT2D eigenvalue weighted by atomic mass is 10.1. The molecule has 1 aliphatic carbocycles. The molecule has 0 bridgehead atoms. The monoisotopic (exact) mass is 261 g/mol. The summed E-state index contributed by atoms with van der Waals surface area (Å²) in [5.74, 6) is -1.77. The van der Waals surface area contributed by atoms with Crippen LogP contribution in [0.25, 0.3) is 0 Å². The van der Waals surface area contributed by atoms with Crippen LogP contribution in [0.5, 0.6) is 0 Å². The average Bonchev–Trinajstić information content (AvgIpc) is 3.18. The van der Waals surface area contributed by atoms with E-state index in [2.05, 4.69) is 17.4 Å². The van der Waals surface area contributed by atoms with Gasteiger partial charge in [-0.3, -0.25) is 9.59 Å². The first kappa shape index (κ1) is 13.6. The Morgan fingerprint density at radius 3 is 2.58 bits per heavy atom. The zero-order valence-corrected chi connectivity index (χ0v) is 11.0. The van der Waals surface area contributed by atoms with Gasteiger partial charge in [0.05, 0.1) is 11.8 Å². The second kappa shape index (κ2) is 5.87. The van der Waals surface area contributed by atoms with Crippen molar-refractivity contribution in [1.82, 2.24) is 5.32 Å². The van der Waals surface area contributed by atoms with Crippen molar-refractivity contribution in [2.45, 2.75) is 32.2 Å². The lowest BCUT2D eigenvalue weighted by Crippen LogP contribution is -2.34. The van der Waals surface area contributed by atoms with Crippen LogP contribution in [0, 0.1) is 11.8 Å². The molecule has 1 amide bonds. The van der Waals surface area contributed by atoms with Gasteiger partial charge in [0.15, 0.2) is 0 Å². The maximum atomic E-state index is 11.8. The Morgan fingerprint density at radius 2 is 2.00 bits per heavy atom. The molecule has 0 aromatic heterocycles. The highest BCUT2D eigenvalue weighted by molar-refractivity contribution is 5.89. The number of benzene rings is 1. The van der Waals surface area contributed by atoms with Crippen LogP contribution >= 0.6 is 0 Å². The lowest BCUT2D eigenvalue weighted by molar-refractivity contribution is -0.140. The number of aliphatic carboxylic acids is 1. The van der Waals surface area contributed by atoms with Gasteiger partial charge >= 0.3 is 5.97 Å². The van der Waals surface area contributed by atoms with Crippen LogP contribution in [-0.2, 0) is 16.0 Å². The quantitative estimate of drug-likeness (QED) is 0.821. The van der Waals surface area contributed by atoms with E-state index in [9.17, 15) is 9.59 Å². The number of amides is 1. The normalized spacial score (nSPS) is 22.6. The summed E-state index contributed by atoms with van der Waals surface area (Å²) in [6.45, 7) is 1.96. The third kappa shape index (κ3) is 3.81. The fourth-order valence-electron chi connectivity index (χ4n) is 2.21. The second-order valence-electron chi connectivity index (χ2n) is 5.22. The number of hydrogen-bond donors (Lipinski definition) is 2. The van der Waals surface area contributed by atoms with Crippen LogP contribution in [0.1, 0.15) is 25.3 Å². The number of hydrogen-bond acceptors (Lipinski definition) is 2. The zero-order valence-electron chi connectivity index (χ0n) is 11.0. The predicted octanol–water partition coefficient (Wildman–Crippen LogP) is 1.84. The van der Waals surface area contributed by atoms with Crippen LogP contribution in [-0.4, -0.2) is 23.0 Å². The number of aryl methyl sites for hydroxylation is 1. The van der Waals surface area contributed by atoms with E-state index in [0.717, 1.165) is 12.8 Å². The highest BCUT2D eigenvalue weighted by Crippen LogP contribution is 2.38. The Morgan fingerprint density at radius 1 is 1.32 bits per heavy atom. The number of carbonyl (C=O) groups excluding carboxylic acids is 1. The SMILES string of the molecule is C[C@H](CCc1ccccc1)NC(=O)[C@H]1C[C@@H]1C(=O)O. The van der Waals surface area contributed by atoms with Crippen LogP contribution in [0.4, 0.5) is 0 Å². The molecule has 1 saturated carbocycles. The van der Waals surface area contributed by atoms with Crippen LogP contribution in [0.15, 0.2) is 30.3 Å². The largest absolute Gasteiger partial charge is 0.481 e. The Bertz CT molecular complexity index is 458. The van der Waals surface area contributed by atoms with Gasteiger partial charge in [0.25, 0.3) is 0 Å². The molecule has 19 heavy (non-hydrogen) atoms. The molecular formula is C15H19NO3. The fraction of sp³-hybridized carbons (Fsp3) is 0.467. The summed E-state index contributed by atoms with van der Waals surface area (Å²) in [6.07, 6.45) is 2.25. The van der Waals surface area contributed by atoms with Gasteiger partial charge in [-0.25, -0.2) is 0 Å². The van der Waals surface area contributed by atoms with E-state index >= 15 is 0 Å². The molecule has 1 fully saturated rings. The van der Waals surface area contributed by atoms with Gasteiger partial charge in [-0.1, -0.05) is 30.3 Å². The Hall–Kier alpha value is -1.84. The molecule has 0 aliphatic heterocycles. The number of nitrogens with one attached hydrogen (secondary N) is 1. The molecule has 4 nitrogen and oxygen atoms in total. The second-order valence-corrected chi connectivity index (χ2v) is 5.22. The number of carbonyl (C=O) groups is 2. The highest BCUT2D eigenvalue weighted by atomic mass is 16.4. The number of rotatable bonds is 6. The summed E-state index contributed by atoms with van der Waals surface area (Å²) in [6, 6.07) is 10.2. The molecule has 3 atom stereocenters. The van der Waals surface area contributed by atoms with Crippen molar-refractivity contribution in [2.24, 2.45) is 11.8 Å². The van der Waals surface area contributed by atoms with Gasteiger partial charge in [-0.15, -0.1) is 0 Å². The molecule has 2 rings (SSSR count). The van der Waals surface area contributed by atoms with Gasteiger partial charge in [-0.2, -0.15) is 0 Å². The van der Waals surface area contributed by atoms with Crippen molar-refractivity contribution in [3.8, 4) is 0 Å². The summed E-state index contributed by atoms with van der Waals surface area (Å²) in [5.41, 5.74) is 1.25. The Balaban J connectivity index is 1.72. The van der Waals surface area contributed by atoms with Gasteiger partial charge in [-0.05, 0) is 31.7 Å². The third-order valence-corrected chi connectivity index (χ3v) is 3.54. The minimum absolute atomic E-state index is 0.0720. The molecule has 4 heteroatoms. The van der Waals surface area contributed by atoms with E-state index in [4.69, 9.17) is 5.11 Å². The van der Waals surface area contributed by atoms with Crippen molar-refractivity contribution in [2.75, 3.05) is 0 Å². The maximum Gasteiger partial charge on any atom is 0.307 e. The molecule has 0 unspecified atom stereocenters. The van der Waals surface area contributed by atoms with Crippen LogP contribution in [0.3, 0.4) is 0 Å². The van der Waals surface area contributed by atoms with Crippen molar-refractivity contribution in [1.29, 1.82) is 0 Å². The van der Waals surface area contributed by atoms with E-state index in [0.29, 0.717) is 6.42 Å². The standard InChI is InChI=1S/C15H19NO3/c1-10(7-8-11-5-3-2-4-6-11)16-14(17)12-9-13(12)15(18)19/h2-6,10,12-13H,7-9H2,1H3,(H,16,17)(H,18,19)/t10-,12+,13+/m1/s1. The summed E-state index contributed by atoms with van der Waals surface area (Å²) in [5, 5.41) is 11.7. The smallest absolute Gasteiger partial charge is 0.307 e. The van der Waals surface area contributed by atoms with E-state index in [1.165, 1.54) is 5.56 Å². The summed E-state index contributed by atoms with van der Waals surface area (Å²) < 4.78 is 0. The molecule has 0 heterocycles. The molecule has 0 radical (unpaired) electrons. The molecular weight excluding hydrogens is 242 g/mol. The lowest BCUT2D eigenvalue weighted by Gasteiger charge is -2.13. The summed E-state index contributed by atoms with van der Waals surface area (Å²) >= 11 is 0. The third-order valence-electron chi connectivity index (χ3n) is 3.54. The highest BCUT2D eigenvalue weighted by Gasteiger charge is 2.48. The molecule has 1 aliphatic rings. The summed E-state index contributed by atoms with van der Waals surface area (Å²) in [4.78, 5) is 22.5. The average molecular weight is 261 g/mol. The zero-order chi connectivity index (χ0) is 13.8. The van der Waals surface area contributed by atoms with E-state index < -0.39 is 11.9 Å². The predicted molar refractivity (Wildman–Crippen MR) is 71.6 cm³/mol. The molecule has 102 valence electrons. The molecule has 1 aromatic carbocycles.